The molecule has 0 saturated carbocycles. The van der Waals surface area contributed by atoms with Gasteiger partial charge in [0.25, 0.3) is 0 Å². The number of nitrogens with one attached hydrogen (secondary N) is 1. The molecule has 0 radical (unpaired) electrons. The molecule has 114 valence electrons. The Labute approximate surface area is 126 Å². The highest BCUT2D eigenvalue weighted by molar-refractivity contribution is 5.32. The monoisotopic (exact) mass is 289 g/mol. The molecule has 0 bridgehead atoms. The Bertz CT molecular complexity index is 507. The fraction of sp³-hybridized carbons (Fsp3) is 0.588. The minimum Gasteiger partial charge on any atom is -0.314 e. The fourth-order valence-corrected chi connectivity index (χ4v) is 2.85. The van der Waals surface area contributed by atoms with E-state index in [0.717, 1.165) is 19.6 Å². The van der Waals surface area contributed by atoms with Crippen molar-refractivity contribution in [3.63, 3.8) is 0 Å². The number of likely N-dealkylation sites (tertiary alicyclic amines) is 1. The molecule has 0 amide bonds. The fourth-order valence-electron chi connectivity index (χ4n) is 2.85. The summed E-state index contributed by atoms with van der Waals surface area (Å²) in [5.41, 5.74) is 1.07. The van der Waals surface area contributed by atoms with Gasteiger partial charge in [0.15, 0.2) is 0 Å². The number of piperidine rings is 1. The van der Waals surface area contributed by atoms with Crippen LogP contribution < -0.4 is 5.32 Å². The first-order valence-electron chi connectivity index (χ1n) is 7.72. The van der Waals surface area contributed by atoms with E-state index in [-0.39, 0.29) is 5.82 Å². The SMILES string of the molecule is CC(C)NCC1CCCN(Cc2ccc(C#N)cc2F)C1. The highest BCUT2D eigenvalue weighted by Crippen LogP contribution is 2.20. The van der Waals surface area contributed by atoms with Crippen molar-refractivity contribution < 1.29 is 4.39 Å². The molecule has 1 aliphatic rings. The van der Waals surface area contributed by atoms with Crippen molar-refractivity contribution in [1.82, 2.24) is 10.2 Å². The molecule has 0 aliphatic carbocycles. The highest BCUT2D eigenvalue weighted by Gasteiger charge is 2.20. The summed E-state index contributed by atoms with van der Waals surface area (Å²) in [5.74, 6) is 0.374. The lowest BCUT2D eigenvalue weighted by atomic mass is 9.97. The van der Waals surface area contributed by atoms with Crippen molar-refractivity contribution in [2.24, 2.45) is 5.92 Å². The lowest BCUT2D eigenvalue weighted by Gasteiger charge is -2.33. The molecular formula is C17H24FN3. The van der Waals surface area contributed by atoms with Crippen LogP contribution in [0.15, 0.2) is 18.2 Å². The van der Waals surface area contributed by atoms with E-state index in [2.05, 4.69) is 24.1 Å². The van der Waals surface area contributed by atoms with Gasteiger partial charge in [-0.2, -0.15) is 5.26 Å². The van der Waals surface area contributed by atoms with Crippen molar-refractivity contribution in [3.05, 3.63) is 35.1 Å². The topological polar surface area (TPSA) is 39.1 Å². The molecular weight excluding hydrogens is 265 g/mol. The number of hydrogen-bond acceptors (Lipinski definition) is 3. The Kier molecular flexibility index (Phi) is 5.72. The predicted molar refractivity (Wildman–Crippen MR) is 82.3 cm³/mol. The number of hydrogen-bond donors (Lipinski definition) is 1. The van der Waals surface area contributed by atoms with Gasteiger partial charge < -0.3 is 5.32 Å². The molecule has 0 aromatic heterocycles. The Morgan fingerprint density at radius 3 is 2.95 bits per heavy atom. The minimum absolute atomic E-state index is 0.267. The first-order valence-corrected chi connectivity index (χ1v) is 7.72. The van der Waals surface area contributed by atoms with Crippen LogP contribution in [0, 0.1) is 23.1 Å². The Hall–Kier alpha value is -1.44. The molecule has 1 N–H and O–H groups in total. The number of rotatable bonds is 5. The van der Waals surface area contributed by atoms with Crippen LogP contribution in [0.4, 0.5) is 4.39 Å². The number of nitriles is 1. The van der Waals surface area contributed by atoms with Crippen LogP contribution in [0.2, 0.25) is 0 Å². The molecule has 4 heteroatoms. The van der Waals surface area contributed by atoms with E-state index < -0.39 is 0 Å². The van der Waals surface area contributed by atoms with Crippen LogP contribution in [-0.4, -0.2) is 30.6 Å². The quantitative estimate of drug-likeness (QED) is 0.906. The van der Waals surface area contributed by atoms with Gasteiger partial charge in [0.2, 0.25) is 0 Å². The van der Waals surface area contributed by atoms with E-state index in [4.69, 9.17) is 5.26 Å². The first kappa shape index (κ1) is 15.9. The van der Waals surface area contributed by atoms with E-state index in [1.165, 1.54) is 18.9 Å². The van der Waals surface area contributed by atoms with Crippen molar-refractivity contribution in [1.29, 1.82) is 5.26 Å². The van der Waals surface area contributed by atoms with E-state index >= 15 is 0 Å². The number of halogens is 1. The van der Waals surface area contributed by atoms with Gasteiger partial charge in [0, 0.05) is 24.7 Å². The third-order valence-electron chi connectivity index (χ3n) is 3.99. The Morgan fingerprint density at radius 1 is 1.48 bits per heavy atom. The Balaban J connectivity index is 1.92. The van der Waals surface area contributed by atoms with Crippen LogP contribution in [0.25, 0.3) is 0 Å². The van der Waals surface area contributed by atoms with Crippen LogP contribution in [0.1, 0.15) is 37.8 Å². The molecule has 1 unspecified atom stereocenters. The zero-order valence-corrected chi connectivity index (χ0v) is 12.9. The lowest BCUT2D eigenvalue weighted by molar-refractivity contribution is 0.162. The van der Waals surface area contributed by atoms with E-state index in [1.54, 1.807) is 12.1 Å². The average Bonchev–Trinajstić information content (AvgIpc) is 2.47. The number of benzene rings is 1. The standard InChI is InChI=1S/C17H24FN3/c1-13(2)20-10-15-4-3-7-21(11-15)12-16-6-5-14(9-19)8-17(16)18/h5-6,8,13,15,20H,3-4,7,10-12H2,1-2H3. The molecule has 1 aromatic rings. The molecule has 1 fully saturated rings. The largest absolute Gasteiger partial charge is 0.314 e. The maximum atomic E-state index is 14.0. The summed E-state index contributed by atoms with van der Waals surface area (Å²) < 4.78 is 14.0. The predicted octanol–water partition coefficient (Wildman–Crippen LogP) is 2.91. The van der Waals surface area contributed by atoms with Gasteiger partial charge in [-0.3, -0.25) is 4.90 Å². The summed E-state index contributed by atoms with van der Waals surface area (Å²) >= 11 is 0. The van der Waals surface area contributed by atoms with Crippen molar-refractivity contribution in [2.75, 3.05) is 19.6 Å². The second-order valence-corrected chi connectivity index (χ2v) is 6.22. The molecule has 1 aliphatic heterocycles. The van der Waals surface area contributed by atoms with Gasteiger partial charge in [-0.05, 0) is 44.0 Å². The lowest BCUT2D eigenvalue weighted by Crippen LogP contribution is -2.40. The molecule has 1 aromatic carbocycles. The van der Waals surface area contributed by atoms with E-state index in [0.29, 0.717) is 29.6 Å². The van der Waals surface area contributed by atoms with E-state index in [9.17, 15) is 4.39 Å². The van der Waals surface area contributed by atoms with Crippen molar-refractivity contribution in [2.45, 2.75) is 39.3 Å². The average molecular weight is 289 g/mol. The van der Waals surface area contributed by atoms with Gasteiger partial charge in [0.05, 0.1) is 11.6 Å². The van der Waals surface area contributed by atoms with Gasteiger partial charge in [0.1, 0.15) is 5.82 Å². The van der Waals surface area contributed by atoms with Crippen LogP contribution in [0.3, 0.4) is 0 Å². The molecule has 21 heavy (non-hydrogen) atoms. The normalized spacial score (nSPS) is 19.7. The van der Waals surface area contributed by atoms with Gasteiger partial charge in [-0.1, -0.05) is 19.9 Å². The summed E-state index contributed by atoms with van der Waals surface area (Å²) in [5, 5.41) is 12.3. The highest BCUT2D eigenvalue weighted by atomic mass is 19.1. The third kappa shape index (κ3) is 4.80. The minimum atomic E-state index is -0.267. The van der Waals surface area contributed by atoms with Gasteiger partial charge in [-0.15, -0.1) is 0 Å². The zero-order chi connectivity index (χ0) is 15.2. The molecule has 3 nitrogen and oxygen atoms in total. The van der Waals surface area contributed by atoms with Gasteiger partial charge >= 0.3 is 0 Å². The van der Waals surface area contributed by atoms with Crippen molar-refractivity contribution >= 4 is 0 Å². The maximum Gasteiger partial charge on any atom is 0.129 e. The molecule has 1 atom stereocenters. The zero-order valence-electron chi connectivity index (χ0n) is 12.9. The smallest absolute Gasteiger partial charge is 0.129 e. The van der Waals surface area contributed by atoms with Gasteiger partial charge in [-0.25, -0.2) is 4.39 Å². The first-order chi connectivity index (χ1) is 10.1. The molecule has 2 rings (SSSR count). The summed E-state index contributed by atoms with van der Waals surface area (Å²) in [6.07, 6.45) is 2.41. The van der Waals surface area contributed by atoms with Crippen LogP contribution >= 0.6 is 0 Å². The molecule has 1 saturated heterocycles. The summed E-state index contributed by atoms with van der Waals surface area (Å²) in [4.78, 5) is 2.32. The molecule has 0 spiro atoms. The maximum absolute atomic E-state index is 14.0. The second kappa shape index (κ2) is 7.53. The molecule has 1 heterocycles. The number of nitrogens with zero attached hydrogens (tertiary/aromatic N) is 2. The van der Waals surface area contributed by atoms with Crippen LogP contribution in [-0.2, 0) is 6.54 Å². The van der Waals surface area contributed by atoms with Crippen LogP contribution in [0.5, 0.6) is 0 Å². The van der Waals surface area contributed by atoms with Crippen molar-refractivity contribution in [3.8, 4) is 6.07 Å². The third-order valence-corrected chi connectivity index (χ3v) is 3.99. The second-order valence-electron chi connectivity index (χ2n) is 6.22. The summed E-state index contributed by atoms with van der Waals surface area (Å²) in [7, 11) is 0. The Morgan fingerprint density at radius 2 is 2.29 bits per heavy atom. The summed E-state index contributed by atoms with van der Waals surface area (Å²) in [6, 6.07) is 7.25. The summed E-state index contributed by atoms with van der Waals surface area (Å²) in [6.45, 7) is 8.02. The van der Waals surface area contributed by atoms with E-state index in [1.807, 2.05) is 6.07 Å².